The highest BCUT2D eigenvalue weighted by atomic mass is 32.2. The number of aromatic nitrogens is 4. The van der Waals surface area contributed by atoms with Gasteiger partial charge in [-0.1, -0.05) is 11.8 Å². The molecular formula is C9H12N4O3S. The first-order chi connectivity index (χ1) is 8.24. The summed E-state index contributed by atoms with van der Waals surface area (Å²) in [6.07, 6.45) is 3.59. The molecule has 8 heteroatoms. The van der Waals surface area contributed by atoms with Crippen molar-refractivity contribution in [2.45, 2.75) is 42.7 Å². The number of aliphatic carboxylic acids is 1. The lowest BCUT2D eigenvalue weighted by atomic mass is 9.96. The number of carboxylic acid groups (broad SMARTS) is 1. The first kappa shape index (κ1) is 11.0. The molecule has 2 fully saturated rings. The molecule has 92 valence electrons. The summed E-state index contributed by atoms with van der Waals surface area (Å²) >= 11 is 1.15. The molecule has 0 spiro atoms. The number of carbonyl (C=O) groups is 1. The summed E-state index contributed by atoms with van der Waals surface area (Å²) in [6.45, 7) is 0. The van der Waals surface area contributed by atoms with Gasteiger partial charge in [-0.05, 0) is 29.7 Å². The van der Waals surface area contributed by atoms with E-state index in [2.05, 4.69) is 15.5 Å². The van der Waals surface area contributed by atoms with E-state index in [-0.39, 0.29) is 17.9 Å². The van der Waals surface area contributed by atoms with E-state index in [1.165, 1.54) is 0 Å². The Morgan fingerprint density at radius 1 is 1.59 bits per heavy atom. The molecule has 0 amide bonds. The summed E-state index contributed by atoms with van der Waals surface area (Å²) in [5.41, 5.74) is 0. The van der Waals surface area contributed by atoms with Crippen LogP contribution < -0.4 is 0 Å². The van der Waals surface area contributed by atoms with Crippen LogP contribution in [0.2, 0.25) is 0 Å². The molecule has 0 radical (unpaired) electrons. The highest BCUT2D eigenvalue weighted by molar-refractivity contribution is 7.99. The summed E-state index contributed by atoms with van der Waals surface area (Å²) in [5, 5.41) is 20.7. The van der Waals surface area contributed by atoms with Crippen molar-refractivity contribution in [3.05, 3.63) is 0 Å². The maximum atomic E-state index is 10.5. The Morgan fingerprint density at radius 2 is 2.47 bits per heavy atom. The normalized spacial score (nSPS) is 30.9. The molecular weight excluding hydrogens is 244 g/mol. The molecule has 7 nitrogen and oxygen atoms in total. The summed E-state index contributed by atoms with van der Waals surface area (Å²) in [4.78, 5) is 10.5. The van der Waals surface area contributed by atoms with Crippen molar-refractivity contribution in [2.24, 2.45) is 0 Å². The second kappa shape index (κ2) is 4.26. The van der Waals surface area contributed by atoms with Gasteiger partial charge in [-0.3, -0.25) is 4.79 Å². The lowest BCUT2D eigenvalue weighted by molar-refractivity contribution is -0.133. The molecule has 2 bridgehead atoms. The third-order valence-corrected chi connectivity index (χ3v) is 4.09. The predicted octanol–water partition coefficient (Wildman–Crippen LogP) is 0.342. The van der Waals surface area contributed by atoms with Gasteiger partial charge in [0.1, 0.15) is 0 Å². The molecule has 0 saturated carbocycles. The first-order valence-electron chi connectivity index (χ1n) is 5.52. The van der Waals surface area contributed by atoms with Crippen molar-refractivity contribution < 1.29 is 14.6 Å². The number of tetrazole rings is 1. The number of hydrogen-bond acceptors (Lipinski definition) is 6. The first-order valence-corrected chi connectivity index (χ1v) is 6.50. The second-order valence-electron chi connectivity index (χ2n) is 4.27. The van der Waals surface area contributed by atoms with Crippen LogP contribution in [-0.2, 0) is 9.53 Å². The smallest absolute Gasteiger partial charge is 0.313 e. The van der Waals surface area contributed by atoms with E-state index in [0.29, 0.717) is 11.3 Å². The van der Waals surface area contributed by atoms with Crippen LogP contribution >= 0.6 is 11.8 Å². The average Bonchev–Trinajstić information content (AvgIpc) is 3.01. The van der Waals surface area contributed by atoms with Crippen LogP contribution in [0.3, 0.4) is 0 Å². The Balaban J connectivity index is 1.74. The Hall–Kier alpha value is -1.15. The maximum absolute atomic E-state index is 10.5. The zero-order chi connectivity index (χ0) is 11.8. The summed E-state index contributed by atoms with van der Waals surface area (Å²) in [6, 6.07) is 0.167. The summed E-state index contributed by atoms with van der Waals surface area (Å²) in [5.74, 6) is -0.893. The molecule has 3 rings (SSSR count). The molecule has 0 aromatic carbocycles. The standard InChI is InChI=1S/C9H12N4O3S/c14-8(15)4-17-9-10-11-12-13(9)6-3-5-1-2-7(6)16-5/h5-7H,1-4H2,(H,14,15). The van der Waals surface area contributed by atoms with E-state index in [4.69, 9.17) is 9.84 Å². The van der Waals surface area contributed by atoms with Crippen molar-refractivity contribution in [2.75, 3.05) is 5.75 Å². The third-order valence-electron chi connectivity index (χ3n) is 3.18. The summed E-state index contributed by atoms with van der Waals surface area (Å²) in [7, 11) is 0. The Morgan fingerprint density at radius 3 is 3.12 bits per heavy atom. The van der Waals surface area contributed by atoms with E-state index in [1.54, 1.807) is 4.68 Å². The molecule has 3 heterocycles. The van der Waals surface area contributed by atoms with Gasteiger partial charge in [0.15, 0.2) is 0 Å². The molecule has 0 aliphatic carbocycles. The number of ether oxygens (including phenoxy) is 1. The van der Waals surface area contributed by atoms with Gasteiger partial charge in [0.2, 0.25) is 5.16 Å². The van der Waals surface area contributed by atoms with E-state index < -0.39 is 5.97 Å². The average molecular weight is 256 g/mol. The monoisotopic (exact) mass is 256 g/mol. The molecule has 2 saturated heterocycles. The van der Waals surface area contributed by atoms with Crippen LogP contribution in [0.5, 0.6) is 0 Å². The van der Waals surface area contributed by atoms with E-state index >= 15 is 0 Å². The van der Waals surface area contributed by atoms with Gasteiger partial charge in [-0.15, -0.1) is 5.10 Å². The summed E-state index contributed by atoms with van der Waals surface area (Å²) < 4.78 is 7.47. The molecule has 1 N–H and O–H groups in total. The number of nitrogens with zero attached hydrogens (tertiary/aromatic N) is 4. The lowest BCUT2D eigenvalue weighted by Gasteiger charge is -2.18. The predicted molar refractivity (Wildman–Crippen MR) is 57.7 cm³/mol. The van der Waals surface area contributed by atoms with Crippen molar-refractivity contribution in [1.29, 1.82) is 0 Å². The van der Waals surface area contributed by atoms with Gasteiger partial charge < -0.3 is 9.84 Å². The fourth-order valence-electron chi connectivity index (χ4n) is 2.48. The zero-order valence-corrected chi connectivity index (χ0v) is 9.84. The van der Waals surface area contributed by atoms with Gasteiger partial charge in [0.25, 0.3) is 0 Å². The van der Waals surface area contributed by atoms with Crippen LogP contribution in [0.25, 0.3) is 0 Å². The van der Waals surface area contributed by atoms with E-state index in [0.717, 1.165) is 31.0 Å². The van der Waals surface area contributed by atoms with Crippen molar-refractivity contribution >= 4 is 17.7 Å². The minimum Gasteiger partial charge on any atom is -0.481 e. The second-order valence-corrected chi connectivity index (χ2v) is 5.21. The largest absolute Gasteiger partial charge is 0.481 e. The van der Waals surface area contributed by atoms with Crippen molar-refractivity contribution in [3.63, 3.8) is 0 Å². The highest BCUT2D eigenvalue weighted by Crippen LogP contribution is 2.42. The Kier molecular flexibility index (Phi) is 2.75. The van der Waals surface area contributed by atoms with Crippen LogP contribution in [0.1, 0.15) is 25.3 Å². The molecule has 2 aliphatic heterocycles. The molecule has 1 aromatic heterocycles. The van der Waals surface area contributed by atoms with Crippen LogP contribution in [0.4, 0.5) is 0 Å². The van der Waals surface area contributed by atoms with Gasteiger partial charge in [0, 0.05) is 0 Å². The van der Waals surface area contributed by atoms with E-state index in [9.17, 15) is 4.79 Å². The Labute approximate surface area is 102 Å². The SMILES string of the molecule is O=C(O)CSc1nnnn1C1CC2CCC1O2. The minimum atomic E-state index is -0.867. The van der Waals surface area contributed by atoms with Crippen molar-refractivity contribution in [3.8, 4) is 0 Å². The number of fused-ring (bicyclic) bond motifs is 2. The zero-order valence-electron chi connectivity index (χ0n) is 9.02. The third kappa shape index (κ3) is 2.02. The Bertz CT molecular complexity index is 438. The van der Waals surface area contributed by atoms with Gasteiger partial charge in [-0.25, -0.2) is 4.68 Å². The molecule has 3 atom stereocenters. The van der Waals surface area contributed by atoms with Crippen LogP contribution in [0, 0.1) is 0 Å². The lowest BCUT2D eigenvalue weighted by Crippen LogP contribution is -2.23. The fraction of sp³-hybridized carbons (Fsp3) is 0.778. The van der Waals surface area contributed by atoms with Gasteiger partial charge in [-0.2, -0.15) is 0 Å². The number of carboxylic acids is 1. The van der Waals surface area contributed by atoms with Crippen LogP contribution in [0.15, 0.2) is 5.16 Å². The minimum absolute atomic E-state index is 0.0257. The number of thioether (sulfide) groups is 1. The van der Waals surface area contributed by atoms with Crippen molar-refractivity contribution in [1.82, 2.24) is 20.2 Å². The highest BCUT2D eigenvalue weighted by Gasteiger charge is 2.43. The van der Waals surface area contributed by atoms with E-state index in [1.807, 2.05) is 0 Å². The fourth-order valence-corrected chi connectivity index (χ4v) is 3.13. The molecule has 2 aliphatic rings. The van der Waals surface area contributed by atoms with Gasteiger partial charge in [0.05, 0.1) is 24.0 Å². The number of rotatable bonds is 4. The topological polar surface area (TPSA) is 90.1 Å². The molecule has 17 heavy (non-hydrogen) atoms. The quantitative estimate of drug-likeness (QED) is 0.777. The molecule has 3 unspecified atom stereocenters. The number of hydrogen-bond donors (Lipinski definition) is 1. The van der Waals surface area contributed by atoms with Crippen LogP contribution in [-0.4, -0.2) is 49.2 Å². The van der Waals surface area contributed by atoms with Gasteiger partial charge >= 0.3 is 5.97 Å². The molecule has 1 aromatic rings. The maximum Gasteiger partial charge on any atom is 0.313 e.